The first kappa shape index (κ1) is 20.5. The van der Waals surface area contributed by atoms with Crippen LogP contribution in [-0.2, 0) is 11.2 Å². The van der Waals surface area contributed by atoms with Crippen molar-refractivity contribution < 1.29 is 22.7 Å². The molecule has 8 heteroatoms. The van der Waals surface area contributed by atoms with E-state index in [9.17, 15) is 18.0 Å². The smallest absolute Gasteiger partial charge is 0.378 e. The van der Waals surface area contributed by atoms with Crippen LogP contribution in [-0.4, -0.2) is 49.9 Å². The molecule has 0 aliphatic carbocycles. The molecule has 0 bridgehead atoms. The molecule has 1 aliphatic heterocycles. The van der Waals surface area contributed by atoms with E-state index in [2.05, 4.69) is 15.2 Å². The number of rotatable bonds is 7. The van der Waals surface area contributed by atoms with Gasteiger partial charge in [-0.05, 0) is 31.4 Å². The zero-order valence-electron chi connectivity index (χ0n) is 15.3. The van der Waals surface area contributed by atoms with Gasteiger partial charge in [-0.2, -0.15) is 13.2 Å². The number of pyridine rings is 1. The van der Waals surface area contributed by atoms with Crippen molar-refractivity contribution in [3.63, 3.8) is 0 Å². The van der Waals surface area contributed by atoms with Crippen LogP contribution in [0.1, 0.15) is 47.8 Å². The van der Waals surface area contributed by atoms with Crippen molar-refractivity contribution in [1.82, 2.24) is 10.3 Å². The molecule has 1 aliphatic rings. The summed E-state index contributed by atoms with van der Waals surface area (Å²) in [6.45, 7) is 6.63. The minimum absolute atomic E-state index is 0.00539. The molecular formula is C18H26F3N3O2. The van der Waals surface area contributed by atoms with Gasteiger partial charge in [0.2, 0.25) is 0 Å². The summed E-state index contributed by atoms with van der Waals surface area (Å²) in [4.78, 5) is 19.3. The van der Waals surface area contributed by atoms with Crippen LogP contribution < -0.4 is 10.2 Å². The van der Waals surface area contributed by atoms with Gasteiger partial charge in [0, 0.05) is 26.1 Å². The van der Waals surface area contributed by atoms with Gasteiger partial charge in [0.05, 0.1) is 24.5 Å². The van der Waals surface area contributed by atoms with Crippen molar-refractivity contribution in [2.24, 2.45) is 0 Å². The molecule has 26 heavy (non-hydrogen) atoms. The quantitative estimate of drug-likeness (QED) is 0.746. The fraction of sp³-hybridized carbons (Fsp3) is 0.667. The van der Waals surface area contributed by atoms with E-state index in [1.54, 1.807) is 0 Å². The van der Waals surface area contributed by atoms with Gasteiger partial charge in [0.15, 0.2) is 0 Å². The Balaban J connectivity index is 2.11. The van der Waals surface area contributed by atoms with Gasteiger partial charge < -0.3 is 15.0 Å². The number of hydrogen-bond donors (Lipinski definition) is 1. The third-order valence-corrected chi connectivity index (χ3v) is 4.25. The highest BCUT2D eigenvalue weighted by Gasteiger charge is 2.26. The summed E-state index contributed by atoms with van der Waals surface area (Å²) < 4.78 is 42.0. The number of hydrogen-bond acceptors (Lipinski definition) is 4. The van der Waals surface area contributed by atoms with Crippen molar-refractivity contribution in [1.29, 1.82) is 0 Å². The maximum Gasteiger partial charge on any atom is 0.389 e. The third-order valence-electron chi connectivity index (χ3n) is 4.25. The predicted molar refractivity (Wildman–Crippen MR) is 93.6 cm³/mol. The van der Waals surface area contributed by atoms with Gasteiger partial charge in [-0.3, -0.25) is 4.79 Å². The van der Waals surface area contributed by atoms with Crippen molar-refractivity contribution in [3.05, 3.63) is 22.9 Å². The minimum atomic E-state index is -4.20. The molecule has 0 unspecified atom stereocenters. The summed E-state index contributed by atoms with van der Waals surface area (Å²) in [7, 11) is 0. The zero-order valence-corrected chi connectivity index (χ0v) is 15.3. The number of carbonyl (C=O) groups is 1. The Morgan fingerprint density at radius 2 is 2.04 bits per heavy atom. The van der Waals surface area contributed by atoms with Gasteiger partial charge in [0.1, 0.15) is 5.82 Å². The second-order valence-corrected chi connectivity index (χ2v) is 6.44. The molecule has 0 aromatic carbocycles. The molecule has 1 saturated heterocycles. The lowest BCUT2D eigenvalue weighted by Crippen LogP contribution is -2.37. The lowest BCUT2D eigenvalue weighted by Gasteiger charge is -2.29. The van der Waals surface area contributed by atoms with Crippen LogP contribution in [0.2, 0.25) is 0 Å². The number of anilines is 1. The Morgan fingerprint density at radius 3 is 2.65 bits per heavy atom. The highest BCUT2D eigenvalue weighted by molar-refractivity contribution is 5.97. The highest BCUT2D eigenvalue weighted by Crippen LogP contribution is 2.23. The third kappa shape index (κ3) is 5.86. The number of aromatic nitrogens is 1. The molecule has 0 radical (unpaired) electrons. The Kier molecular flexibility index (Phi) is 7.25. The monoisotopic (exact) mass is 373 g/mol. The van der Waals surface area contributed by atoms with Gasteiger partial charge in [-0.15, -0.1) is 0 Å². The molecule has 0 spiro atoms. The highest BCUT2D eigenvalue weighted by atomic mass is 19.4. The predicted octanol–water partition coefficient (Wildman–Crippen LogP) is 3.25. The Labute approximate surface area is 151 Å². The minimum Gasteiger partial charge on any atom is -0.378 e. The fourth-order valence-electron chi connectivity index (χ4n) is 2.98. The molecule has 0 atom stereocenters. The lowest BCUT2D eigenvalue weighted by atomic mass is 10.0. The number of aryl methyl sites for hydroxylation is 2. The molecule has 0 saturated carbocycles. The molecule has 1 amide bonds. The number of ether oxygens (including phenoxy) is 1. The first-order valence-electron chi connectivity index (χ1n) is 9.00. The van der Waals surface area contributed by atoms with Gasteiger partial charge in [-0.1, -0.05) is 13.3 Å². The molecule has 1 aromatic rings. The van der Waals surface area contributed by atoms with Gasteiger partial charge in [-0.25, -0.2) is 4.98 Å². The van der Waals surface area contributed by atoms with E-state index in [1.807, 2.05) is 19.9 Å². The summed E-state index contributed by atoms with van der Waals surface area (Å²) in [5.74, 6) is 0.469. The Bertz CT molecular complexity index is 614. The molecule has 5 nitrogen and oxygen atoms in total. The van der Waals surface area contributed by atoms with E-state index in [1.165, 1.54) is 0 Å². The molecular weight excluding hydrogens is 347 g/mol. The number of alkyl halides is 3. The largest absolute Gasteiger partial charge is 0.389 e. The summed E-state index contributed by atoms with van der Waals surface area (Å²) in [6, 6.07) is 1.87. The van der Waals surface area contributed by atoms with E-state index in [0.29, 0.717) is 30.9 Å². The SMILES string of the molecule is CCCc1nc(N2CCOCC2)cc(C)c1C(=O)NCCCC(F)(F)F. The van der Waals surface area contributed by atoms with Crippen LogP contribution in [0.3, 0.4) is 0 Å². The van der Waals surface area contributed by atoms with Crippen molar-refractivity contribution in [2.75, 3.05) is 37.7 Å². The van der Waals surface area contributed by atoms with E-state index in [4.69, 9.17) is 4.74 Å². The van der Waals surface area contributed by atoms with Crippen LogP contribution in [0, 0.1) is 6.92 Å². The molecule has 2 heterocycles. The standard InChI is InChI=1S/C18H26F3N3O2/c1-3-5-14-16(17(25)22-7-4-6-18(19,20)21)13(2)12-15(23-14)24-8-10-26-11-9-24/h12H,3-11H2,1-2H3,(H,22,25). The van der Waals surface area contributed by atoms with Crippen molar-refractivity contribution >= 4 is 11.7 Å². The second kappa shape index (κ2) is 9.21. The van der Waals surface area contributed by atoms with E-state index >= 15 is 0 Å². The lowest BCUT2D eigenvalue weighted by molar-refractivity contribution is -0.135. The summed E-state index contributed by atoms with van der Waals surface area (Å²) >= 11 is 0. The average molecular weight is 373 g/mol. The molecule has 146 valence electrons. The Hall–Kier alpha value is -1.83. The van der Waals surface area contributed by atoms with E-state index in [-0.39, 0.29) is 18.9 Å². The van der Waals surface area contributed by atoms with Crippen LogP contribution in [0.5, 0.6) is 0 Å². The van der Waals surface area contributed by atoms with Gasteiger partial charge in [0.25, 0.3) is 5.91 Å². The second-order valence-electron chi connectivity index (χ2n) is 6.44. The van der Waals surface area contributed by atoms with Crippen LogP contribution in [0.4, 0.5) is 19.0 Å². The number of halogens is 3. The van der Waals surface area contributed by atoms with Crippen LogP contribution >= 0.6 is 0 Å². The number of amides is 1. The summed E-state index contributed by atoms with van der Waals surface area (Å²) in [5.41, 5.74) is 1.97. The maximum absolute atomic E-state index is 12.5. The molecule has 1 fully saturated rings. The Morgan fingerprint density at radius 1 is 1.35 bits per heavy atom. The topological polar surface area (TPSA) is 54.5 Å². The van der Waals surface area contributed by atoms with Crippen LogP contribution in [0.25, 0.3) is 0 Å². The van der Waals surface area contributed by atoms with E-state index < -0.39 is 12.6 Å². The average Bonchev–Trinajstić information content (AvgIpc) is 2.58. The van der Waals surface area contributed by atoms with E-state index in [0.717, 1.165) is 30.9 Å². The normalized spacial score (nSPS) is 15.2. The fourth-order valence-corrected chi connectivity index (χ4v) is 2.98. The van der Waals surface area contributed by atoms with Crippen molar-refractivity contribution in [2.45, 2.75) is 45.7 Å². The number of nitrogens with zero attached hydrogens (tertiary/aromatic N) is 2. The number of nitrogens with one attached hydrogen (secondary N) is 1. The molecule has 1 N–H and O–H groups in total. The maximum atomic E-state index is 12.5. The first-order chi connectivity index (χ1) is 12.3. The van der Waals surface area contributed by atoms with Gasteiger partial charge >= 0.3 is 6.18 Å². The zero-order chi connectivity index (χ0) is 19.2. The first-order valence-corrected chi connectivity index (χ1v) is 9.00. The summed E-state index contributed by atoms with van der Waals surface area (Å²) in [6.07, 6.45) is -3.76. The van der Waals surface area contributed by atoms with Crippen LogP contribution in [0.15, 0.2) is 6.07 Å². The molecule has 1 aromatic heterocycles. The van der Waals surface area contributed by atoms with Crippen molar-refractivity contribution in [3.8, 4) is 0 Å². The number of morpholine rings is 1. The number of carbonyl (C=O) groups excluding carboxylic acids is 1. The molecule has 2 rings (SSSR count). The summed E-state index contributed by atoms with van der Waals surface area (Å²) in [5, 5.41) is 2.60.